The van der Waals surface area contributed by atoms with Crippen LogP contribution in [-0.4, -0.2) is 30.1 Å². The molecule has 0 fully saturated rings. The van der Waals surface area contributed by atoms with Crippen LogP contribution in [0, 0.1) is 0 Å². The van der Waals surface area contributed by atoms with Gasteiger partial charge in [0.1, 0.15) is 5.60 Å². The Kier molecular flexibility index (Phi) is 9.05. The largest absolute Gasteiger partial charge is 0.444 e. The van der Waals surface area contributed by atoms with Gasteiger partial charge in [-0.15, -0.1) is 0 Å². The van der Waals surface area contributed by atoms with E-state index >= 15 is 0 Å². The van der Waals surface area contributed by atoms with Crippen LogP contribution in [0.4, 0.5) is 10.5 Å². The average molecular weight is 490 g/mol. The zero-order valence-electron chi connectivity index (χ0n) is 18.0. The Balaban J connectivity index is 1.69. The van der Waals surface area contributed by atoms with Crippen LogP contribution in [0.5, 0.6) is 0 Å². The fourth-order valence-electron chi connectivity index (χ4n) is 2.58. The van der Waals surface area contributed by atoms with Crippen LogP contribution in [0.25, 0.3) is 0 Å². The number of hydrogen-bond donors (Lipinski definition) is 3. The van der Waals surface area contributed by atoms with Crippen LogP contribution >= 0.6 is 15.9 Å². The van der Waals surface area contributed by atoms with E-state index in [4.69, 9.17) is 4.74 Å². The van der Waals surface area contributed by atoms with Crippen LogP contribution in [0.3, 0.4) is 0 Å². The lowest BCUT2D eigenvalue weighted by Gasteiger charge is -2.19. The molecule has 0 heterocycles. The summed E-state index contributed by atoms with van der Waals surface area (Å²) in [5, 5.41) is 8.21. The number of anilines is 1. The Morgan fingerprint density at radius 3 is 2.10 bits per heavy atom. The zero-order chi connectivity index (χ0) is 22.9. The van der Waals surface area contributed by atoms with Crippen LogP contribution in [0.15, 0.2) is 53.0 Å². The summed E-state index contributed by atoms with van der Waals surface area (Å²) < 4.78 is 6.08. The van der Waals surface area contributed by atoms with E-state index in [9.17, 15) is 14.4 Å². The van der Waals surface area contributed by atoms with E-state index in [-0.39, 0.29) is 24.8 Å². The number of hydrogen-bond acceptors (Lipinski definition) is 4. The summed E-state index contributed by atoms with van der Waals surface area (Å²) in [4.78, 5) is 35.6. The first-order valence-corrected chi connectivity index (χ1v) is 10.8. The second kappa shape index (κ2) is 11.5. The summed E-state index contributed by atoms with van der Waals surface area (Å²) in [7, 11) is 0. The maximum absolute atomic E-state index is 12.2. The maximum atomic E-state index is 12.2. The number of halogens is 1. The van der Waals surface area contributed by atoms with E-state index in [1.807, 2.05) is 36.4 Å². The normalized spacial score (nSPS) is 10.8. The first kappa shape index (κ1) is 24.4. The highest BCUT2D eigenvalue weighted by Crippen LogP contribution is 2.13. The van der Waals surface area contributed by atoms with Gasteiger partial charge in [-0.05, 0) is 56.2 Å². The van der Waals surface area contributed by atoms with Crippen LogP contribution in [-0.2, 0) is 27.3 Å². The molecule has 2 rings (SSSR count). The lowest BCUT2D eigenvalue weighted by Crippen LogP contribution is -2.35. The van der Waals surface area contributed by atoms with Crippen molar-refractivity contribution >= 4 is 39.5 Å². The summed E-state index contributed by atoms with van der Waals surface area (Å²) in [6, 6.07) is 14.9. The van der Waals surface area contributed by atoms with Crippen molar-refractivity contribution in [3.8, 4) is 0 Å². The van der Waals surface area contributed by atoms with Gasteiger partial charge in [0.25, 0.3) is 0 Å². The van der Waals surface area contributed by atoms with Gasteiger partial charge in [-0.25, -0.2) is 4.79 Å². The van der Waals surface area contributed by atoms with E-state index < -0.39 is 11.7 Å². The van der Waals surface area contributed by atoms with Crippen molar-refractivity contribution in [3.05, 3.63) is 64.1 Å². The lowest BCUT2D eigenvalue weighted by atomic mass is 10.1. The second-order valence-electron chi connectivity index (χ2n) is 8.00. The van der Waals surface area contributed by atoms with Gasteiger partial charge < -0.3 is 20.7 Å². The summed E-state index contributed by atoms with van der Waals surface area (Å²) in [6.45, 7) is 5.89. The third-order valence-corrected chi connectivity index (χ3v) is 4.55. The van der Waals surface area contributed by atoms with Gasteiger partial charge in [-0.3, -0.25) is 9.59 Å². The summed E-state index contributed by atoms with van der Waals surface area (Å²) in [5.74, 6) is -0.274. The third kappa shape index (κ3) is 10.1. The molecule has 2 aromatic carbocycles. The highest BCUT2D eigenvalue weighted by Gasteiger charge is 2.15. The van der Waals surface area contributed by atoms with E-state index in [1.165, 1.54) is 0 Å². The fourth-order valence-corrected chi connectivity index (χ4v) is 2.84. The fraction of sp³-hybridized carbons (Fsp3) is 0.348. The number of nitrogens with one attached hydrogen (secondary N) is 3. The highest BCUT2D eigenvalue weighted by atomic mass is 79.9. The smallest absolute Gasteiger partial charge is 0.407 e. The van der Waals surface area contributed by atoms with Crippen molar-refractivity contribution in [2.24, 2.45) is 0 Å². The Bertz CT molecular complexity index is 891. The first-order chi connectivity index (χ1) is 14.6. The number of carbonyl (C=O) groups is 3. The van der Waals surface area contributed by atoms with Gasteiger partial charge in [-0.2, -0.15) is 0 Å². The summed E-state index contributed by atoms with van der Waals surface area (Å²) in [5.41, 5.74) is 1.95. The van der Waals surface area contributed by atoms with Crippen LogP contribution in [0.2, 0.25) is 0 Å². The minimum Gasteiger partial charge on any atom is -0.444 e. The Labute approximate surface area is 191 Å². The minimum absolute atomic E-state index is 0.0964. The average Bonchev–Trinajstić information content (AvgIpc) is 2.68. The number of alkyl carbamates (subject to hydrolysis) is 1. The molecular formula is C23H28BrN3O4. The van der Waals surface area contributed by atoms with Gasteiger partial charge >= 0.3 is 6.09 Å². The molecule has 31 heavy (non-hydrogen) atoms. The monoisotopic (exact) mass is 489 g/mol. The molecule has 8 heteroatoms. The van der Waals surface area contributed by atoms with Gasteiger partial charge in [0.05, 0.1) is 6.42 Å². The molecule has 0 aliphatic heterocycles. The van der Waals surface area contributed by atoms with Crippen molar-refractivity contribution in [3.63, 3.8) is 0 Å². The third-order valence-electron chi connectivity index (χ3n) is 4.03. The molecule has 3 amide bonds. The number of rotatable bonds is 8. The molecule has 0 spiro atoms. The molecule has 0 saturated carbocycles. The molecule has 0 saturated heterocycles. The topological polar surface area (TPSA) is 96.5 Å². The molecule has 0 aromatic heterocycles. The molecule has 0 aliphatic rings. The lowest BCUT2D eigenvalue weighted by molar-refractivity contribution is -0.121. The zero-order valence-corrected chi connectivity index (χ0v) is 19.5. The molecule has 0 atom stereocenters. The Morgan fingerprint density at radius 2 is 1.48 bits per heavy atom. The SMILES string of the molecule is CC(C)(C)OC(=O)NCCC(=O)NCc1ccc(NC(=O)Cc2ccc(Br)cc2)cc1. The highest BCUT2D eigenvalue weighted by molar-refractivity contribution is 9.10. The maximum Gasteiger partial charge on any atom is 0.407 e. The van der Waals surface area contributed by atoms with Crippen molar-refractivity contribution in [1.82, 2.24) is 10.6 Å². The minimum atomic E-state index is -0.572. The molecular weight excluding hydrogens is 462 g/mol. The molecule has 0 radical (unpaired) electrons. The predicted octanol–water partition coefficient (Wildman–Crippen LogP) is 4.16. The molecule has 166 valence electrons. The molecule has 3 N–H and O–H groups in total. The molecule has 0 aliphatic carbocycles. The van der Waals surface area contributed by atoms with Gasteiger partial charge in [-0.1, -0.05) is 40.2 Å². The van der Waals surface area contributed by atoms with Gasteiger partial charge in [0.2, 0.25) is 11.8 Å². The molecule has 7 nitrogen and oxygen atoms in total. The Morgan fingerprint density at radius 1 is 0.871 bits per heavy atom. The standard InChI is InChI=1S/C23H28BrN3O4/c1-23(2,3)31-22(30)25-13-12-20(28)26-15-17-6-10-19(11-7-17)27-21(29)14-16-4-8-18(24)9-5-16/h4-11H,12-15H2,1-3H3,(H,25,30)(H,26,28)(H,27,29). The van der Waals surface area contributed by atoms with E-state index in [2.05, 4.69) is 31.9 Å². The van der Waals surface area contributed by atoms with Crippen molar-refractivity contribution < 1.29 is 19.1 Å². The molecule has 0 bridgehead atoms. The van der Waals surface area contributed by atoms with Crippen LogP contribution in [0.1, 0.15) is 38.3 Å². The van der Waals surface area contributed by atoms with E-state index in [0.29, 0.717) is 18.7 Å². The van der Waals surface area contributed by atoms with E-state index in [1.54, 1.807) is 32.9 Å². The molecule has 2 aromatic rings. The van der Waals surface area contributed by atoms with Crippen molar-refractivity contribution in [2.45, 2.75) is 45.8 Å². The summed E-state index contributed by atoms with van der Waals surface area (Å²) in [6.07, 6.45) is -0.0932. The number of amides is 3. The van der Waals surface area contributed by atoms with Crippen LogP contribution < -0.4 is 16.0 Å². The van der Waals surface area contributed by atoms with Crippen molar-refractivity contribution in [2.75, 3.05) is 11.9 Å². The Hall–Kier alpha value is -2.87. The van der Waals surface area contributed by atoms with Gasteiger partial charge in [0.15, 0.2) is 0 Å². The summed E-state index contributed by atoms with van der Waals surface area (Å²) >= 11 is 3.37. The van der Waals surface area contributed by atoms with E-state index in [0.717, 1.165) is 15.6 Å². The number of benzene rings is 2. The molecule has 0 unspecified atom stereocenters. The number of carbonyl (C=O) groups excluding carboxylic acids is 3. The first-order valence-electron chi connectivity index (χ1n) is 9.97. The van der Waals surface area contributed by atoms with Crippen molar-refractivity contribution in [1.29, 1.82) is 0 Å². The quantitative estimate of drug-likeness (QED) is 0.518. The second-order valence-corrected chi connectivity index (χ2v) is 8.92. The number of ether oxygens (including phenoxy) is 1. The predicted molar refractivity (Wildman–Crippen MR) is 124 cm³/mol. The van der Waals surface area contributed by atoms with Gasteiger partial charge in [0, 0.05) is 29.7 Å².